The first-order valence-corrected chi connectivity index (χ1v) is 9.30. The number of rotatable bonds is 6. The summed E-state index contributed by atoms with van der Waals surface area (Å²) in [5.41, 5.74) is 2.57. The van der Waals surface area contributed by atoms with E-state index in [4.69, 9.17) is 36.0 Å². The van der Waals surface area contributed by atoms with Crippen LogP contribution < -0.4 is 4.90 Å². The Kier molecular flexibility index (Phi) is 5.79. The highest BCUT2D eigenvalue weighted by Gasteiger charge is 2.21. The number of benzene rings is 2. The molecule has 0 radical (unpaired) electrons. The lowest BCUT2D eigenvalue weighted by Crippen LogP contribution is -2.38. The molecule has 0 amide bonds. The summed E-state index contributed by atoms with van der Waals surface area (Å²) in [6, 6.07) is 14.1. The van der Waals surface area contributed by atoms with Crippen molar-refractivity contribution in [2.24, 2.45) is 0 Å². The molecule has 1 atom stereocenters. The topological polar surface area (TPSA) is 77.0 Å². The molecular weight excluding hydrogens is 404 g/mol. The van der Waals surface area contributed by atoms with Crippen molar-refractivity contribution >= 4 is 47.7 Å². The maximum absolute atomic E-state index is 11.6. The van der Waals surface area contributed by atoms with E-state index in [1.54, 1.807) is 23.6 Å². The average molecular weight is 421 g/mol. The number of aromatic nitrogens is 3. The number of aromatic amines is 2. The summed E-state index contributed by atoms with van der Waals surface area (Å²) in [5.74, 6) is -0.897. The Labute approximate surface area is 171 Å². The van der Waals surface area contributed by atoms with Crippen LogP contribution in [0.4, 0.5) is 5.69 Å². The van der Waals surface area contributed by atoms with Gasteiger partial charge < -0.3 is 10.0 Å². The van der Waals surface area contributed by atoms with Gasteiger partial charge in [-0.15, -0.1) is 0 Å². The predicted molar refractivity (Wildman–Crippen MR) is 111 cm³/mol. The molecule has 0 saturated heterocycles. The van der Waals surface area contributed by atoms with Crippen molar-refractivity contribution in [2.75, 3.05) is 4.90 Å². The van der Waals surface area contributed by atoms with E-state index in [1.165, 1.54) is 0 Å². The largest absolute Gasteiger partial charge is 0.480 e. The Morgan fingerprint density at radius 3 is 2.19 bits per heavy atom. The molecule has 0 fully saturated rings. The van der Waals surface area contributed by atoms with E-state index in [1.807, 2.05) is 41.3 Å². The van der Waals surface area contributed by atoms with Gasteiger partial charge in [-0.25, -0.2) is 4.79 Å². The second-order valence-corrected chi connectivity index (χ2v) is 7.19. The standard InChI is InChI=1S/C18H17ClN4O2S2/c1-11(16(24)25)22(14-8-4-13(19)5-9-14)10-12-2-6-15(7-3-12)23-17(26)20-21-18(23)27/h2-9,11H,10H2,1H3,(H,20,26)(H,21,27)(H,24,25). The van der Waals surface area contributed by atoms with Gasteiger partial charge in [-0.1, -0.05) is 23.7 Å². The summed E-state index contributed by atoms with van der Waals surface area (Å²) in [6.07, 6.45) is 0. The summed E-state index contributed by atoms with van der Waals surface area (Å²) in [6.45, 7) is 2.09. The third kappa shape index (κ3) is 4.29. The van der Waals surface area contributed by atoms with Crippen LogP contribution in [-0.2, 0) is 11.3 Å². The fourth-order valence-corrected chi connectivity index (χ4v) is 3.39. The normalized spacial score (nSPS) is 11.9. The van der Waals surface area contributed by atoms with Gasteiger partial charge in [0, 0.05) is 17.3 Å². The molecular formula is C18H17ClN4O2S2. The van der Waals surface area contributed by atoms with Crippen LogP contribution in [0.25, 0.3) is 5.69 Å². The fraction of sp³-hybridized carbons (Fsp3) is 0.167. The molecule has 0 aliphatic carbocycles. The number of carbonyl (C=O) groups is 1. The SMILES string of the molecule is CC(C(=O)O)N(Cc1ccc(-n2c(=S)[nH][nH]c2=S)cc1)c1ccc(Cl)cc1. The van der Waals surface area contributed by atoms with E-state index in [0.29, 0.717) is 21.1 Å². The lowest BCUT2D eigenvalue weighted by molar-refractivity contribution is -0.138. The molecule has 9 heteroatoms. The summed E-state index contributed by atoms with van der Waals surface area (Å²) < 4.78 is 2.68. The van der Waals surface area contributed by atoms with Gasteiger partial charge in [0.1, 0.15) is 6.04 Å². The average Bonchev–Trinajstić information content (AvgIpc) is 2.99. The van der Waals surface area contributed by atoms with Crippen LogP contribution in [0.2, 0.25) is 5.02 Å². The lowest BCUT2D eigenvalue weighted by atomic mass is 10.1. The Hall–Kier alpha value is -2.42. The van der Waals surface area contributed by atoms with Crippen molar-refractivity contribution in [3.05, 3.63) is 68.7 Å². The van der Waals surface area contributed by atoms with E-state index in [9.17, 15) is 9.90 Å². The number of nitrogens with zero attached hydrogens (tertiary/aromatic N) is 2. The Morgan fingerprint density at radius 2 is 1.67 bits per heavy atom. The van der Waals surface area contributed by atoms with Crippen molar-refractivity contribution < 1.29 is 9.90 Å². The van der Waals surface area contributed by atoms with Crippen molar-refractivity contribution in [1.82, 2.24) is 14.8 Å². The molecule has 0 saturated carbocycles. The van der Waals surface area contributed by atoms with Gasteiger partial charge in [-0.2, -0.15) is 0 Å². The molecule has 3 N–H and O–H groups in total. The van der Waals surface area contributed by atoms with Gasteiger partial charge in [-0.05, 0) is 73.3 Å². The highest BCUT2D eigenvalue weighted by molar-refractivity contribution is 7.72. The summed E-state index contributed by atoms with van der Waals surface area (Å²) in [5, 5.41) is 15.7. The number of aliphatic carboxylic acids is 1. The van der Waals surface area contributed by atoms with Crippen LogP contribution in [-0.4, -0.2) is 31.9 Å². The molecule has 1 unspecified atom stereocenters. The first-order chi connectivity index (χ1) is 12.9. The molecule has 0 aliphatic heterocycles. The molecule has 3 aromatic rings. The number of halogens is 1. The number of carboxylic acids is 1. The highest BCUT2D eigenvalue weighted by atomic mass is 35.5. The van der Waals surface area contributed by atoms with Crippen LogP contribution in [0, 0.1) is 9.54 Å². The van der Waals surface area contributed by atoms with Gasteiger partial charge in [0.2, 0.25) is 0 Å². The zero-order chi connectivity index (χ0) is 19.6. The highest BCUT2D eigenvalue weighted by Crippen LogP contribution is 2.23. The van der Waals surface area contributed by atoms with Crippen LogP contribution in [0.1, 0.15) is 12.5 Å². The summed E-state index contributed by atoms with van der Waals surface area (Å²) in [4.78, 5) is 13.4. The van der Waals surface area contributed by atoms with Crippen molar-refractivity contribution in [3.63, 3.8) is 0 Å². The van der Waals surface area contributed by atoms with Gasteiger partial charge in [0.05, 0.1) is 5.69 Å². The van der Waals surface area contributed by atoms with Crippen LogP contribution in [0.15, 0.2) is 48.5 Å². The minimum absolute atomic E-state index is 0.431. The predicted octanol–water partition coefficient (Wildman–Crippen LogP) is 4.73. The molecule has 140 valence electrons. The van der Waals surface area contributed by atoms with Crippen LogP contribution >= 0.6 is 36.0 Å². The maximum Gasteiger partial charge on any atom is 0.326 e. The summed E-state index contributed by atoms with van der Waals surface area (Å²) in [7, 11) is 0. The smallest absolute Gasteiger partial charge is 0.326 e. The van der Waals surface area contributed by atoms with Crippen LogP contribution in [0.3, 0.4) is 0 Å². The molecule has 1 heterocycles. The van der Waals surface area contributed by atoms with E-state index < -0.39 is 12.0 Å². The number of hydrogen-bond acceptors (Lipinski definition) is 4. The minimum Gasteiger partial charge on any atom is -0.480 e. The fourth-order valence-electron chi connectivity index (χ4n) is 2.71. The van der Waals surface area contributed by atoms with Gasteiger partial charge in [0.25, 0.3) is 0 Å². The van der Waals surface area contributed by atoms with E-state index in [0.717, 1.165) is 16.9 Å². The number of anilines is 1. The number of nitrogens with one attached hydrogen (secondary N) is 2. The Morgan fingerprint density at radius 1 is 1.11 bits per heavy atom. The zero-order valence-electron chi connectivity index (χ0n) is 14.3. The summed E-state index contributed by atoms with van der Waals surface area (Å²) >= 11 is 16.4. The van der Waals surface area contributed by atoms with Crippen molar-refractivity contribution in [1.29, 1.82) is 0 Å². The second-order valence-electron chi connectivity index (χ2n) is 5.98. The third-order valence-electron chi connectivity index (χ3n) is 4.21. The molecule has 0 aliphatic rings. The monoisotopic (exact) mass is 420 g/mol. The molecule has 0 bridgehead atoms. The van der Waals surface area contributed by atoms with E-state index >= 15 is 0 Å². The van der Waals surface area contributed by atoms with E-state index in [-0.39, 0.29) is 0 Å². The molecule has 1 aromatic heterocycles. The minimum atomic E-state index is -0.897. The van der Waals surface area contributed by atoms with Gasteiger partial charge >= 0.3 is 5.97 Å². The first kappa shape index (κ1) is 19.3. The number of hydrogen-bond donors (Lipinski definition) is 3. The number of carboxylic acid groups (broad SMARTS) is 1. The first-order valence-electron chi connectivity index (χ1n) is 8.11. The zero-order valence-corrected chi connectivity index (χ0v) is 16.7. The Balaban J connectivity index is 1.90. The Bertz CT molecular complexity index is 1030. The van der Waals surface area contributed by atoms with Crippen molar-refractivity contribution in [2.45, 2.75) is 19.5 Å². The maximum atomic E-state index is 11.6. The van der Waals surface area contributed by atoms with Gasteiger partial charge in [-0.3, -0.25) is 14.8 Å². The second kappa shape index (κ2) is 8.08. The molecule has 2 aromatic carbocycles. The van der Waals surface area contributed by atoms with Crippen molar-refractivity contribution in [3.8, 4) is 5.69 Å². The third-order valence-corrected chi connectivity index (χ3v) is 5.03. The van der Waals surface area contributed by atoms with Gasteiger partial charge in [0.15, 0.2) is 9.54 Å². The quantitative estimate of drug-likeness (QED) is 0.503. The molecule has 6 nitrogen and oxygen atoms in total. The lowest BCUT2D eigenvalue weighted by Gasteiger charge is -2.29. The molecule has 27 heavy (non-hydrogen) atoms. The molecule has 0 spiro atoms. The molecule has 3 rings (SSSR count). The van der Waals surface area contributed by atoms with Crippen LogP contribution in [0.5, 0.6) is 0 Å². The number of H-pyrrole nitrogens is 2. The van der Waals surface area contributed by atoms with E-state index in [2.05, 4.69) is 10.2 Å².